The summed E-state index contributed by atoms with van der Waals surface area (Å²) in [4.78, 5) is 28.8. The molecule has 0 radical (unpaired) electrons. The lowest BCUT2D eigenvalue weighted by atomic mass is 9.94. The summed E-state index contributed by atoms with van der Waals surface area (Å²) in [6, 6.07) is 20.1. The molecule has 1 aromatic heterocycles. The van der Waals surface area contributed by atoms with Crippen molar-refractivity contribution < 1.29 is 24.2 Å². The Kier molecular flexibility index (Phi) is 9.23. The zero-order valence-corrected chi connectivity index (χ0v) is 27.1. The van der Waals surface area contributed by atoms with Gasteiger partial charge in [0.1, 0.15) is 23.4 Å². The molecule has 10 heteroatoms. The first-order valence-electron chi connectivity index (χ1n) is 15.2. The summed E-state index contributed by atoms with van der Waals surface area (Å²) in [6.45, 7) is 6.73. The number of aliphatic hydroxyl groups excluding tert-OH is 1. The van der Waals surface area contributed by atoms with Crippen LogP contribution in [0.3, 0.4) is 0 Å². The lowest BCUT2D eigenvalue weighted by Gasteiger charge is -2.23. The average molecular weight is 642 g/mol. The quantitative estimate of drug-likeness (QED) is 0.0445. The molecule has 1 saturated heterocycles. The summed E-state index contributed by atoms with van der Waals surface area (Å²) in [5.41, 5.74) is 4.36. The van der Waals surface area contributed by atoms with E-state index in [1.807, 2.05) is 44.2 Å². The van der Waals surface area contributed by atoms with Crippen molar-refractivity contribution in [3.8, 4) is 11.5 Å². The van der Waals surface area contributed by atoms with Crippen molar-refractivity contribution in [3.63, 3.8) is 0 Å². The van der Waals surface area contributed by atoms with E-state index in [1.54, 1.807) is 12.1 Å². The van der Waals surface area contributed by atoms with E-state index in [0.717, 1.165) is 36.1 Å². The molecule has 45 heavy (non-hydrogen) atoms. The number of anilines is 1. The van der Waals surface area contributed by atoms with Crippen LogP contribution in [0.25, 0.3) is 5.76 Å². The molecule has 232 valence electrons. The summed E-state index contributed by atoms with van der Waals surface area (Å²) in [7, 11) is 0. The van der Waals surface area contributed by atoms with Crippen LogP contribution in [0.1, 0.15) is 67.0 Å². The predicted octanol–water partition coefficient (Wildman–Crippen LogP) is 7.66. The maximum atomic E-state index is 13.7. The van der Waals surface area contributed by atoms with Gasteiger partial charge in [-0.2, -0.15) is 0 Å². The van der Waals surface area contributed by atoms with Gasteiger partial charge in [0.15, 0.2) is 4.34 Å². The number of unbranched alkanes of at least 4 members (excludes halogenated alkanes) is 2. The van der Waals surface area contributed by atoms with Crippen LogP contribution in [0, 0.1) is 6.92 Å². The Morgan fingerprint density at radius 1 is 1.09 bits per heavy atom. The molecule has 2 aliphatic rings. The van der Waals surface area contributed by atoms with E-state index in [9.17, 15) is 14.7 Å². The van der Waals surface area contributed by atoms with E-state index in [4.69, 9.17) is 9.47 Å². The molecule has 0 spiro atoms. The highest BCUT2D eigenvalue weighted by Crippen LogP contribution is 2.45. The van der Waals surface area contributed by atoms with Crippen LogP contribution in [-0.2, 0) is 21.8 Å². The van der Waals surface area contributed by atoms with Crippen molar-refractivity contribution in [2.45, 2.75) is 68.7 Å². The lowest BCUT2D eigenvalue weighted by molar-refractivity contribution is -0.132. The van der Waals surface area contributed by atoms with Gasteiger partial charge in [0.05, 0.1) is 18.2 Å². The third-order valence-corrected chi connectivity index (χ3v) is 10.0. The Hall–Kier alpha value is -4.15. The molecule has 0 unspecified atom stereocenters. The standard InChI is InChI=1S/C35H35N3O5S2/c1-4-5-6-16-42-27-9-7-8-24(19-27)30-29(31(39)25-14-15-28-26(18-25)17-22(3)43-28)32(40)33(41)38(30)34-36-37-35(45-34)44-20-23-12-10-21(2)11-13-23/h7-15,18-19,22,30,39H,4-6,16-17,20H2,1-3H3/b31-29+/t22-,30-/m0/s1. The first-order valence-corrected chi connectivity index (χ1v) is 17.0. The fourth-order valence-electron chi connectivity index (χ4n) is 5.57. The normalized spacial score (nSPS) is 18.7. The van der Waals surface area contributed by atoms with Gasteiger partial charge in [-0.1, -0.05) is 84.8 Å². The number of fused-ring (bicyclic) bond motifs is 1. The van der Waals surface area contributed by atoms with Crippen LogP contribution in [0.5, 0.6) is 11.5 Å². The number of aromatic nitrogens is 2. The van der Waals surface area contributed by atoms with Gasteiger partial charge in [0.25, 0.3) is 5.78 Å². The van der Waals surface area contributed by atoms with Gasteiger partial charge in [-0.3, -0.25) is 14.5 Å². The van der Waals surface area contributed by atoms with Crippen LogP contribution < -0.4 is 14.4 Å². The molecule has 8 nitrogen and oxygen atoms in total. The molecule has 2 atom stereocenters. The van der Waals surface area contributed by atoms with Crippen molar-refractivity contribution in [1.29, 1.82) is 0 Å². The fourth-order valence-corrected chi connectivity index (χ4v) is 7.40. The zero-order chi connectivity index (χ0) is 31.5. The highest BCUT2D eigenvalue weighted by atomic mass is 32.2. The second-order valence-corrected chi connectivity index (χ2v) is 13.6. The van der Waals surface area contributed by atoms with Crippen molar-refractivity contribution >= 4 is 45.7 Å². The number of ether oxygens (including phenoxy) is 2. The zero-order valence-electron chi connectivity index (χ0n) is 25.5. The molecule has 3 aromatic carbocycles. The van der Waals surface area contributed by atoms with Gasteiger partial charge in [-0.15, -0.1) is 10.2 Å². The molecule has 1 N–H and O–H groups in total. The molecule has 4 aromatic rings. The Balaban J connectivity index is 1.37. The minimum Gasteiger partial charge on any atom is -0.507 e. The highest BCUT2D eigenvalue weighted by molar-refractivity contribution is 8.00. The van der Waals surface area contributed by atoms with E-state index in [1.165, 1.54) is 33.6 Å². The number of nitrogens with zero attached hydrogens (tertiary/aromatic N) is 3. The molecule has 0 bridgehead atoms. The summed E-state index contributed by atoms with van der Waals surface area (Å²) in [6.07, 6.45) is 3.79. The predicted molar refractivity (Wildman–Crippen MR) is 177 cm³/mol. The van der Waals surface area contributed by atoms with Gasteiger partial charge in [0.2, 0.25) is 5.13 Å². The number of ketones is 1. The number of amides is 1. The SMILES string of the molecule is CCCCCOc1cccc([C@H]2/C(=C(\O)c3ccc4c(c3)C[C@H](C)O4)C(=O)C(=O)N2c2nnc(SCc3ccc(C)cc3)s2)c1. The minimum absolute atomic E-state index is 0.000829. The van der Waals surface area contributed by atoms with E-state index in [2.05, 4.69) is 41.4 Å². The van der Waals surface area contributed by atoms with Crippen molar-refractivity contribution in [3.05, 3.63) is 100 Å². The van der Waals surface area contributed by atoms with E-state index in [-0.39, 0.29) is 22.6 Å². The van der Waals surface area contributed by atoms with Crippen LogP contribution in [0.4, 0.5) is 5.13 Å². The van der Waals surface area contributed by atoms with Crippen molar-refractivity contribution in [2.75, 3.05) is 11.5 Å². The molecule has 2 aliphatic heterocycles. The number of hydrogen-bond donors (Lipinski definition) is 1. The largest absolute Gasteiger partial charge is 0.507 e. The van der Waals surface area contributed by atoms with Crippen LogP contribution in [0.2, 0.25) is 0 Å². The maximum absolute atomic E-state index is 13.7. The third kappa shape index (κ3) is 6.62. The number of carbonyl (C=O) groups excluding carboxylic acids is 2. The Bertz CT molecular complexity index is 1750. The molecule has 1 fully saturated rings. The van der Waals surface area contributed by atoms with Gasteiger partial charge < -0.3 is 14.6 Å². The third-order valence-electron chi connectivity index (χ3n) is 7.89. The summed E-state index contributed by atoms with van der Waals surface area (Å²) in [5.74, 6) is 0.296. The average Bonchev–Trinajstić information content (AvgIpc) is 3.73. The topological polar surface area (TPSA) is 102 Å². The van der Waals surface area contributed by atoms with Crippen molar-refractivity contribution in [1.82, 2.24) is 10.2 Å². The molecule has 3 heterocycles. The minimum atomic E-state index is -0.921. The Morgan fingerprint density at radius 3 is 2.71 bits per heavy atom. The second-order valence-electron chi connectivity index (χ2n) is 11.4. The number of carbonyl (C=O) groups is 2. The first-order chi connectivity index (χ1) is 21.8. The number of Topliss-reactive ketones (excluding diaryl/α,β-unsaturated/α-hetero) is 1. The van der Waals surface area contributed by atoms with Crippen LogP contribution in [0.15, 0.2) is 76.6 Å². The molecular formula is C35H35N3O5S2. The van der Waals surface area contributed by atoms with Crippen LogP contribution in [-0.4, -0.2) is 39.7 Å². The molecule has 0 saturated carbocycles. The second kappa shape index (κ2) is 13.5. The van der Waals surface area contributed by atoms with Gasteiger partial charge in [-0.05, 0) is 67.3 Å². The molecule has 1 amide bonds. The first kappa shape index (κ1) is 30.9. The summed E-state index contributed by atoms with van der Waals surface area (Å²) in [5, 5.41) is 20.7. The van der Waals surface area contributed by atoms with Gasteiger partial charge >= 0.3 is 5.91 Å². The van der Waals surface area contributed by atoms with Crippen LogP contribution >= 0.6 is 23.1 Å². The Morgan fingerprint density at radius 2 is 1.91 bits per heavy atom. The number of aryl methyl sites for hydroxylation is 1. The fraction of sp³-hybridized carbons (Fsp3) is 0.314. The number of thioether (sulfide) groups is 1. The van der Waals surface area contributed by atoms with E-state index in [0.29, 0.717) is 40.0 Å². The smallest absolute Gasteiger partial charge is 0.301 e. The molecule has 0 aliphatic carbocycles. The summed E-state index contributed by atoms with van der Waals surface area (Å²) >= 11 is 2.77. The van der Waals surface area contributed by atoms with E-state index < -0.39 is 17.7 Å². The number of hydrogen-bond acceptors (Lipinski definition) is 9. The molecule has 6 rings (SSSR count). The lowest BCUT2D eigenvalue weighted by Crippen LogP contribution is -2.29. The van der Waals surface area contributed by atoms with Gasteiger partial charge in [0, 0.05) is 17.7 Å². The van der Waals surface area contributed by atoms with Gasteiger partial charge in [-0.25, -0.2) is 0 Å². The van der Waals surface area contributed by atoms with E-state index >= 15 is 0 Å². The number of benzene rings is 3. The summed E-state index contributed by atoms with van der Waals surface area (Å²) < 4.78 is 12.5. The monoisotopic (exact) mass is 641 g/mol. The highest BCUT2D eigenvalue weighted by Gasteiger charge is 2.48. The number of aliphatic hydroxyl groups is 1. The van der Waals surface area contributed by atoms with Crippen molar-refractivity contribution in [2.24, 2.45) is 0 Å². The molecular weight excluding hydrogens is 607 g/mol. The maximum Gasteiger partial charge on any atom is 0.301 e. The number of rotatable bonds is 11. The Labute approximate surface area is 271 Å².